The van der Waals surface area contributed by atoms with Gasteiger partial charge in [0.2, 0.25) is 0 Å². The van der Waals surface area contributed by atoms with E-state index < -0.39 is 0 Å². The van der Waals surface area contributed by atoms with Crippen LogP contribution in [0.1, 0.15) is 19.4 Å². The molecule has 0 atom stereocenters. The summed E-state index contributed by atoms with van der Waals surface area (Å²) in [4.78, 5) is 8.71. The first-order valence-electron chi connectivity index (χ1n) is 6.16. The third-order valence-electron chi connectivity index (χ3n) is 2.55. The predicted molar refractivity (Wildman–Crippen MR) is 70.8 cm³/mol. The second-order valence-corrected chi connectivity index (χ2v) is 4.84. The van der Waals surface area contributed by atoms with Crippen molar-refractivity contribution in [2.24, 2.45) is 13.0 Å². The Morgan fingerprint density at radius 3 is 2.50 bits per heavy atom. The summed E-state index contributed by atoms with van der Waals surface area (Å²) in [7, 11) is 1.88. The quantitative estimate of drug-likeness (QED) is 0.869. The van der Waals surface area contributed by atoms with Crippen molar-refractivity contribution in [3.05, 3.63) is 30.4 Å². The first-order valence-corrected chi connectivity index (χ1v) is 6.16. The van der Waals surface area contributed by atoms with Crippen molar-refractivity contribution in [1.29, 1.82) is 0 Å². The third kappa shape index (κ3) is 3.37. The van der Waals surface area contributed by atoms with Gasteiger partial charge in [0.25, 0.3) is 0 Å². The maximum atomic E-state index is 4.36. The fraction of sp³-hybridized carbons (Fsp3) is 0.462. The van der Waals surface area contributed by atoms with Gasteiger partial charge in [0.05, 0.1) is 11.8 Å². The molecular weight excluding hydrogens is 226 g/mol. The lowest BCUT2D eigenvalue weighted by molar-refractivity contribution is 0.551. The van der Waals surface area contributed by atoms with Crippen LogP contribution < -0.4 is 5.32 Å². The molecule has 0 saturated carbocycles. The Morgan fingerprint density at radius 2 is 1.94 bits per heavy atom. The molecule has 0 radical (unpaired) electrons. The van der Waals surface area contributed by atoms with E-state index in [0.29, 0.717) is 5.92 Å². The van der Waals surface area contributed by atoms with E-state index >= 15 is 0 Å². The summed E-state index contributed by atoms with van der Waals surface area (Å²) >= 11 is 0. The molecule has 2 aromatic heterocycles. The van der Waals surface area contributed by atoms with Gasteiger partial charge in [-0.1, -0.05) is 13.8 Å². The van der Waals surface area contributed by atoms with Gasteiger partial charge in [-0.05, 0) is 12.5 Å². The fourth-order valence-electron chi connectivity index (χ4n) is 1.64. The third-order valence-corrected chi connectivity index (χ3v) is 2.55. The number of rotatable bonds is 5. The molecule has 0 unspecified atom stereocenters. The van der Waals surface area contributed by atoms with E-state index in [1.807, 2.05) is 25.6 Å². The summed E-state index contributed by atoms with van der Waals surface area (Å²) in [5.74, 6) is 1.37. The molecule has 2 heterocycles. The number of hydrogen-bond acceptors (Lipinski definition) is 4. The SMILES string of the molecule is CC(C)CNCc1cnc(-c2cnn(C)c2)nc1. The number of nitrogens with zero attached hydrogens (tertiary/aromatic N) is 4. The Hall–Kier alpha value is -1.75. The van der Waals surface area contributed by atoms with Crippen molar-refractivity contribution in [2.45, 2.75) is 20.4 Å². The largest absolute Gasteiger partial charge is 0.312 e. The second-order valence-electron chi connectivity index (χ2n) is 4.84. The van der Waals surface area contributed by atoms with Crippen LogP contribution in [-0.2, 0) is 13.6 Å². The molecule has 0 amide bonds. The van der Waals surface area contributed by atoms with Crippen molar-refractivity contribution in [3.63, 3.8) is 0 Å². The van der Waals surface area contributed by atoms with Gasteiger partial charge >= 0.3 is 0 Å². The van der Waals surface area contributed by atoms with Crippen LogP contribution in [0.2, 0.25) is 0 Å². The first kappa shape index (κ1) is 12.7. The Bertz CT molecular complexity index is 486. The molecule has 0 fully saturated rings. The van der Waals surface area contributed by atoms with E-state index in [1.54, 1.807) is 10.9 Å². The summed E-state index contributed by atoms with van der Waals surface area (Å²) in [6.07, 6.45) is 7.41. The summed E-state index contributed by atoms with van der Waals surface area (Å²) in [6, 6.07) is 0. The molecular formula is C13H19N5. The lowest BCUT2D eigenvalue weighted by atomic mass is 10.2. The van der Waals surface area contributed by atoms with E-state index in [2.05, 4.69) is 34.2 Å². The molecule has 0 bridgehead atoms. The Morgan fingerprint density at radius 1 is 1.22 bits per heavy atom. The van der Waals surface area contributed by atoms with Crippen molar-refractivity contribution in [3.8, 4) is 11.4 Å². The van der Waals surface area contributed by atoms with Gasteiger partial charge in [-0.3, -0.25) is 4.68 Å². The van der Waals surface area contributed by atoms with Gasteiger partial charge in [0, 0.05) is 37.7 Å². The highest BCUT2D eigenvalue weighted by Gasteiger charge is 2.03. The summed E-state index contributed by atoms with van der Waals surface area (Å²) in [6.45, 7) is 6.19. The standard InChI is InChI=1S/C13H19N5/c1-10(2)4-14-5-11-6-15-13(16-7-11)12-8-17-18(3)9-12/h6-10,14H,4-5H2,1-3H3. The highest BCUT2D eigenvalue weighted by atomic mass is 15.2. The van der Waals surface area contributed by atoms with Gasteiger partial charge < -0.3 is 5.32 Å². The lowest BCUT2D eigenvalue weighted by Crippen LogP contribution is -2.19. The second kappa shape index (κ2) is 5.73. The fourth-order valence-corrected chi connectivity index (χ4v) is 1.64. The molecule has 0 aliphatic rings. The number of nitrogens with one attached hydrogen (secondary N) is 1. The molecule has 0 aliphatic heterocycles. The zero-order valence-corrected chi connectivity index (χ0v) is 11.1. The van der Waals surface area contributed by atoms with Crippen molar-refractivity contribution >= 4 is 0 Å². The van der Waals surface area contributed by atoms with Crippen LogP contribution in [0.3, 0.4) is 0 Å². The van der Waals surface area contributed by atoms with Gasteiger partial charge in [0.1, 0.15) is 0 Å². The van der Waals surface area contributed by atoms with Crippen LogP contribution in [0.15, 0.2) is 24.8 Å². The molecule has 18 heavy (non-hydrogen) atoms. The Balaban J connectivity index is 1.97. The molecule has 2 aromatic rings. The minimum absolute atomic E-state index is 0.653. The molecule has 5 heteroatoms. The van der Waals surface area contributed by atoms with Crippen LogP contribution in [0.4, 0.5) is 0 Å². The van der Waals surface area contributed by atoms with Crippen LogP contribution in [0.25, 0.3) is 11.4 Å². The molecule has 2 rings (SSSR count). The minimum atomic E-state index is 0.653. The highest BCUT2D eigenvalue weighted by Crippen LogP contribution is 2.12. The summed E-state index contributed by atoms with van der Waals surface area (Å²) in [5, 5.41) is 7.48. The van der Waals surface area contributed by atoms with E-state index in [0.717, 1.165) is 30.0 Å². The summed E-state index contributed by atoms with van der Waals surface area (Å²) in [5.41, 5.74) is 2.04. The maximum Gasteiger partial charge on any atom is 0.162 e. The molecule has 0 aliphatic carbocycles. The van der Waals surface area contributed by atoms with Crippen LogP contribution in [-0.4, -0.2) is 26.3 Å². The van der Waals surface area contributed by atoms with E-state index in [9.17, 15) is 0 Å². The van der Waals surface area contributed by atoms with E-state index in [-0.39, 0.29) is 0 Å². The van der Waals surface area contributed by atoms with Crippen molar-refractivity contribution < 1.29 is 0 Å². The van der Waals surface area contributed by atoms with Crippen LogP contribution in [0.5, 0.6) is 0 Å². The smallest absolute Gasteiger partial charge is 0.162 e. The molecule has 5 nitrogen and oxygen atoms in total. The minimum Gasteiger partial charge on any atom is -0.312 e. The van der Waals surface area contributed by atoms with Gasteiger partial charge in [-0.25, -0.2) is 9.97 Å². The maximum absolute atomic E-state index is 4.36. The predicted octanol–water partition coefficient (Wildman–Crippen LogP) is 1.62. The average Bonchev–Trinajstić information content (AvgIpc) is 2.76. The van der Waals surface area contributed by atoms with Crippen molar-refractivity contribution in [2.75, 3.05) is 6.54 Å². The highest BCUT2D eigenvalue weighted by molar-refractivity contribution is 5.51. The topological polar surface area (TPSA) is 55.6 Å². The number of aryl methyl sites for hydroxylation is 1. The van der Waals surface area contributed by atoms with E-state index in [4.69, 9.17) is 0 Å². The van der Waals surface area contributed by atoms with Gasteiger partial charge in [-0.15, -0.1) is 0 Å². The van der Waals surface area contributed by atoms with E-state index in [1.165, 1.54) is 0 Å². The molecule has 0 aromatic carbocycles. The van der Waals surface area contributed by atoms with Gasteiger partial charge in [-0.2, -0.15) is 5.10 Å². The monoisotopic (exact) mass is 245 g/mol. The zero-order valence-electron chi connectivity index (χ0n) is 11.1. The molecule has 1 N–H and O–H groups in total. The van der Waals surface area contributed by atoms with Crippen molar-refractivity contribution in [1.82, 2.24) is 25.1 Å². The lowest BCUT2D eigenvalue weighted by Gasteiger charge is -2.06. The first-order chi connectivity index (χ1) is 8.65. The zero-order chi connectivity index (χ0) is 13.0. The molecule has 0 saturated heterocycles. The normalized spacial score (nSPS) is 11.1. The Kier molecular flexibility index (Phi) is 4.04. The number of hydrogen-bond donors (Lipinski definition) is 1. The molecule has 0 spiro atoms. The van der Waals surface area contributed by atoms with Crippen LogP contribution in [0, 0.1) is 5.92 Å². The summed E-state index contributed by atoms with van der Waals surface area (Å²) < 4.78 is 1.75. The average molecular weight is 245 g/mol. The van der Waals surface area contributed by atoms with Gasteiger partial charge in [0.15, 0.2) is 5.82 Å². The number of aromatic nitrogens is 4. The molecule has 96 valence electrons. The Labute approximate surface area is 107 Å². The van der Waals surface area contributed by atoms with Crippen LogP contribution >= 0.6 is 0 Å².